The summed E-state index contributed by atoms with van der Waals surface area (Å²) >= 11 is 0. The molecule has 0 aromatic heterocycles. The van der Waals surface area contributed by atoms with Crippen molar-refractivity contribution in [1.82, 2.24) is 10.2 Å². The molecule has 1 fully saturated rings. The van der Waals surface area contributed by atoms with Crippen LogP contribution < -0.4 is 5.32 Å². The number of amides is 1. The first-order chi connectivity index (χ1) is 8.45. The van der Waals surface area contributed by atoms with Gasteiger partial charge < -0.3 is 24.8 Å². The Labute approximate surface area is 108 Å². The molecule has 1 saturated heterocycles. The average molecular weight is 260 g/mol. The van der Waals surface area contributed by atoms with E-state index in [-0.39, 0.29) is 18.2 Å². The van der Waals surface area contributed by atoms with E-state index in [0.717, 1.165) is 0 Å². The van der Waals surface area contributed by atoms with Gasteiger partial charge in [-0.25, -0.2) is 4.79 Å². The van der Waals surface area contributed by atoms with Gasteiger partial charge in [0.1, 0.15) is 0 Å². The molecule has 106 valence electrons. The highest BCUT2D eigenvalue weighted by Gasteiger charge is 2.36. The van der Waals surface area contributed by atoms with E-state index in [1.165, 1.54) is 0 Å². The van der Waals surface area contributed by atoms with Crippen LogP contribution in [-0.4, -0.2) is 67.7 Å². The van der Waals surface area contributed by atoms with Gasteiger partial charge in [0.05, 0.1) is 24.9 Å². The fourth-order valence-electron chi connectivity index (χ4n) is 2.19. The highest BCUT2D eigenvalue weighted by atomic mass is 16.5. The van der Waals surface area contributed by atoms with Gasteiger partial charge in [-0.15, -0.1) is 0 Å². The van der Waals surface area contributed by atoms with E-state index in [2.05, 4.69) is 5.32 Å². The maximum atomic E-state index is 11.2. The lowest BCUT2D eigenvalue weighted by Gasteiger charge is -2.41. The van der Waals surface area contributed by atoms with Crippen LogP contribution in [0.3, 0.4) is 0 Å². The number of nitrogens with one attached hydrogen (secondary N) is 1. The first-order valence-corrected chi connectivity index (χ1v) is 6.36. The summed E-state index contributed by atoms with van der Waals surface area (Å²) in [6.45, 7) is 4.36. The Balaban J connectivity index is 2.45. The zero-order valence-electron chi connectivity index (χ0n) is 11.5. The third-order valence-corrected chi connectivity index (χ3v) is 3.20. The molecule has 0 aromatic rings. The average Bonchev–Trinajstić information content (AvgIpc) is 2.30. The summed E-state index contributed by atoms with van der Waals surface area (Å²) in [5, 5.41) is 12.7. The molecule has 0 aliphatic carbocycles. The van der Waals surface area contributed by atoms with Crippen molar-refractivity contribution in [3.8, 4) is 0 Å². The van der Waals surface area contributed by atoms with Crippen LogP contribution in [0.15, 0.2) is 0 Å². The van der Waals surface area contributed by atoms with Gasteiger partial charge in [-0.1, -0.05) is 0 Å². The molecule has 0 spiro atoms. The third-order valence-electron chi connectivity index (χ3n) is 3.20. The predicted octanol–water partition coefficient (Wildman–Crippen LogP) is 0.201. The van der Waals surface area contributed by atoms with E-state index in [4.69, 9.17) is 9.47 Å². The molecule has 2 N–H and O–H groups in total. The summed E-state index contributed by atoms with van der Waals surface area (Å²) in [6, 6.07) is 0.0442. The van der Waals surface area contributed by atoms with Gasteiger partial charge in [-0.05, 0) is 34.4 Å². The van der Waals surface area contributed by atoms with Gasteiger partial charge >= 0.3 is 6.09 Å². The van der Waals surface area contributed by atoms with Crippen molar-refractivity contribution in [3.63, 3.8) is 0 Å². The molecule has 1 amide bonds. The SMILES string of the molecule is CCOC(=O)NC[C@@H]1C[C@H](N(C)C)[C@@H](O)[C@H](C)O1. The summed E-state index contributed by atoms with van der Waals surface area (Å²) in [6.07, 6.45) is -0.578. The molecule has 1 aliphatic heterocycles. The van der Waals surface area contributed by atoms with E-state index < -0.39 is 12.2 Å². The molecular formula is C12H24N2O4. The Morgan fingerprint density at radius 3 is 2.78 bits per heavy atom. The quantitative estimate of drug-likeness (QED) is 0.755. The number of ether oxygens (including phenoxy) is 2. The molecule has 0 bridgehead atoms. The second-order valence-corrected chi connectivity index (χ2v) is 4.82. The largest absolute Gasteiger partial charge is 0.450 e. The molecule has 4 atom stereocenters. The smallest absolute Gasteiger partial charge is 0.407 e. The number of likely N-dealkylation sites (N-methyl/N-ethyl adjacent to an activating group) is 1. The number of carbonyl (C=O) groups excluding carboxylic acids is 1. The first kappa shape index (κ1) is 15.2. The molecule has 0 unspecified atom stereocenters. The zero-order chi connectivity index (χ0) is 13.7. The summed E-state index contributed by atoms with van der Waals surface area (Å²) in [4.78, 5) is 13.2. The van der Waals surface area contributed by atoms with Crippen LogP contribution in [0.1, 0.15) is 20.3 Å². The van der Waals surface area contributed by atoms with Gasteiger partial charge in [0, 0.05) is 12.6 Å². The molecule has 0 saturated carbocycles. The van der Waals surface area contributed by atoms with Crippen LogP contribution in [-0.2, 0) is 9.47 Å². The van der Waals surface area contributed by atoms with Crippen LogP contribution in [0.2, 0.25) is 0 Å². The van der Waals surface area contributed by atoms with E-state index in [0.29, 0.717) is 19.6 Å². The lowest BCUT2D eigenvalue weighted by molar-refractivity contribution is -0.138. The van der Waals surface area contributed by atoms with Gasteiger partial charge in [0.2, 0.25) is 0 Å². The molecule has 6 heteroatoms. The molecule has 0 radical (unpaired) electrons. The second-order valence-electron chi connectivity index (χ2n) is 4.82. The van der Waals surface area contributed by atoms with E-state index in [1.807, 2.05) is 25.9 Å². The highest BCUT2D eigenvalue weighted by molar-refractivity contribution is 5.67. The lowest BCUT2D eigenvalue weighted by Crippen LogP contribution is -2.54. The Morgan fingerprint density at radius 2 is 2.22 bits per heavy atom. The fourth-order valence-corrected chi connectivity index (χ4v) is 2.19. The van der Waals surface area contributed by atoms with Crippen molar-refractivity contribution in [3.05, 3.63) is 0 Å². The minimum atomic E-state index is -0.501. The monoisotopic (exact) mass is 260 g/mol. The molecule has 0 aromatic carbocycles. The van der Waals surface area contributed by atoms with Crippen molar-refractivity contribution in [1.29, 1.82) is 0 Å². The van der Waals surface area contributed by atoms with E-state index in [9.17, 15) is 9.90 Å². The molecule has 1 rings (SSSR count). The topological polar surface area (TPSA) is 71.0 Å². The van der Waals surface area contributed by atoms with Crippen LogP contribution in [0.25, 0.3) is 0 Å². The van der Waals surface area contributed by atoms with Crippen molar-refractivity contribution in [2.75, 3.05) is 27.2 Å². The van der Waals surface area contributed by atoms with Gasteiger partial charge in [0.25, 0.3) is 0 Å². The minimum absolute atomic E-state index is 0.0442. The molecule has 1 aliphatic rings. The number of nitrogens with zero attached hydrogens (tertiary/aromatic N) is 1. The Hall–Kier alpha value is -0.850. The van der Waals surface area contributed by atoms with E-state index >= 15 is 0 Å². The summed E-state index contributed by atoms with van der Waals surface area (Å²) in [5.41, 5.74) is 0. The van der Waals surface area contributed by atoms with Gasteiger partial charge in [0.15, 0.2) is 0 Å². The Morgan fingerprint density at radius 1 is 1.56 bits per heavy atom. The van der Waals surface area contributed by atoms with Crippen molar-refractivity contribution in [2.24, 2.45) is 0 Å². The number of hydrogen-bond acceptors (Lipinski definition) is 5. The number of aliphatic hydroxyl groups excluding tert-OH is 1. The summed E-state index contributed by atoms with van der Waals surface area (Å²) in [7, 11) is 3.86. The maximum Gasteiger partial charge on any atom is 0.407 e. The van der Waals surface area contributed by atoms with Crippen molar-refractivity contribution < 1.29 is 19.4 Å². The molecular weight excluding hydrogens is 236 g/mol. The van der Waals surface area contributed by atoms with Crippen molar-refractivity contribution in [2.45, 2.75) is 44.6 Å². The van der Waals surface area contributed by atoms with Crippen molar-refractivity contribution >= 4 is 6.09 Å². The number of rotatable bonds is 4. The highest BCUT2D eigenvalue weighted by Crippen LogP contribution is 2.22. The number of carbonyl (C=O) groups is 1. The lowest BCUT2D eigenvalue weighted by atomic mass is 9.95. The fraction of sp³-hybridized carbons (Fsp3) is 0.917. The number of aliphatic hydroxyl groups is 1. The Kier molecular flexibility index (Phi) is 5.84. The summed E-state index contributed by atoms with van der Waals surface area (Å²) < 4.78 is 10.5. The van der Waals surface area contributed by atoms with Gasteiger partial charge in [-0.2, -0.15) is 0 Å². The number of alkyl carbamates (subject to hydrolysis) is 1. The normalized spacial score (nSPS) is 32.3. The zero-order valence-corrected chi connectivity index (χ0v) is 11.5. The van der Waals surface area contributed by atoms with Gasteiger partial charge in [-0.3, -0.25) is 0 Å². The second kappa shape index (κ2) is 6.92. The molecule has 1 heterocycles. The van der Waals surface area contributed by atoms with Crippen LogP contribution in [0, 0.1) is 0 Å². The number of hydrogen-bond donors (Lipinski definition) is 2. The van der Waals surface area contributed by atoms with E-state index in [1.54, 1.807) is 6.92 Å². The maximum absolute atomic E-state index is 11.2. The van der Waals surface area contributed by atoms with Crippen LogP contribution in [0.4, 0.5) is 4.79 Å². The van der Waals surface area contributed by atoms with Crippen LogP contribution in [0.5, 0.6) is 0 Å². The first-order valence-electron chi connectivity index (χ1n) is 6.36. The third kappa shape index (κ3) is 4.12. The minimum Gasteiger partial charge on any atom is -0.450 e. The Bertz CT molecular complexity index is 273. The standard InChI is InChI=1S/C12H24N2O4/c1-5-17-12(16)13-7-9-6-10(14(3)4)11(15)8(2)18-9/h8-11,15H,5-7H2,1-4H3,(H,13,16)/t8-,9-,10-,11-/m0/s1. The summed E-state index contributed by atoms with van der Waals surface area (Å²) in [5.74, 6) is 0. The molecule has 6 nitrogen and oxygen atoms in total. The molecule has 18 heavy (non-hydrogen) atoms. The predicted molar refractivity (Wildman–Crippen MR) is 67.5 cm³/mol. The van der Waals surface area contributed by atoms with Crippen LogP contribution >= 0.6 is 0 Å².